The first-order valence-corrected chi connectivity index (χ1v) is 21.9. The largest absolute Gasteiger partial charge is 0.497 e. The number of pyridine rings is 1. The van der Waals surface area contributed by atoms with E-state index in [2.05, 4.69) is 15.4 Å². The van der Waals surface area contributed by atoms with Crippen LogP contribution in [0.1, 0.15) is 82.6 Å². The molecule has 1 aromatic carbocycles. The zero-order valence-corrected chi connectivity index (χ0v) is 33.1. The number of carbonyl (C=O) groups excluding carboxylic acids is 4. The van der Waals surface area contributed by atoms with Crippen molar-refractivity contribution < 1.29 is 41.8 Å². The normalized spacial score (nSPS) is 31.2. The van der Waals surface area contributed by atoms with Crippen molar-refractivity contribution in [3.63, 3.8) is 0 Å². The second-order valence-corrected chi connectivity index (χ2v) is 18.2. The Morgan fingerprint density at radius 2 is 1.84 bits per heavy atom. The molecule has 0 unspecified atom stereocenters. The van der Waals surface area contributed by atoms with E-state index in [-0.39, 0.29) is 31.5 Å². The lowest BCUT2D eigenvalue weighted by Gasteiger charge is -2.30. The molecule has 3 N–H and O–H groups in total. The van der Waals surface area contributed by atoms with Crippen LogP contribution >= 0.6 is 0 Å². The van der Waals surface area contributed by atoms with E-state index in [1.807, 2.05) is 48.6 Å². The number of urea groups is 1. The van der Waals surface area contributed by atoms with Crippen molar-refractivity contribution in [3.8, 4) is 11.6 Å². The van der Waals surface area contributed by atoms with Gasteiger partial charge in [0, 0.05) is 49.1 Å². The standard InChI is InChI=1S/C41H52N6O9S/c1-54-29-14-13-26-20-27-10-6-5-9-19-55-30-17-18-46(24-30)40(51)43-33-12-8-4-2-3-7-11-28-23-41(28,39(50)45-57(52,53)32-15-16-32)44-36(48)35-22-31(25-47(35)38(33)49)56-37(27)42-34(26)21-29/h6-7,10-11,13-14,20-21,28,30-33,35H,2-5,8-9,12,15-19,22-25H2,1H3,(H,43,51)(H,44,48)(H,45,50)/b10-6+,11-7-/t28-,30+,31-,33+,35+,41-/m1/s1. The molecule has 5 heterocycles. The molecule has 1 aromatic heterocycles. The van der Waals surface area contributed by atoms with E-state index < -0.39 is 62.6 Å². The van der Waals surface area contributed by atoms with Crippen LogP contribution in [0.2, 0.25) is 0 Å². The van der Waals surface area contributed by atoms with Crippen molar-refractivity contribution >= 4 is 50.8 Å². The molecular weight excluding hydrogens is 753 g/mol. The van der Waals surface area contributed by atoms with E-state index >= 15 is 0 Å². The number of nitrogens with one attached hydrogen (secondary N) is 3. The van der Waals surface area contributed by atoms with Gasteiger partial charge in [-0.1, -0.05) is 37.1 Å². The minimum absolute atomic E-state index is 0.0164. The summed E-state index contributed by atoms with van der Waals surface area (Å²) >= 11 is 0. The van der Waals surface area contributed by atoms with Gasteiger partial charge in [0.05, 0.1) is 30.5 Å². The summed E-state index contributed by atoms with van der Waals surface area (Å²) in [6.45, 7) is 1.47. The Hall–Kier alpha value is -4.70. The number of amides is 5. The van der Waals surface area contributed by atoms with Crippen molar-refractivity contribution in [1.29, 1.82) is 0 Å². The van der Waals surface area contributed by atoms with Crippen LogP contribution < -0.4 is 24.8 Å². The van der Waals surface area contributed by atoms with Gasteiger partial charge in [-0.05, 0) is 76.0 Å². The molecule has 2 aliphatic carbocycles. The van der Waals surface area contributed by atoms with Gasteiger partial charge in [-0.3, -0.25) is 19.1 Å². The van der Waals surface area contributed by atoms with Crippen LogP contribution in [0.4, 0.5) is 4.79 Å². The molecule has 16 heteroatoms. The second-order valence-electron chi connectivity index (χ2n) is 16.2. The first-order valence-electron chi connectivity index (χ1n) is 20.4. The van der Waals surface area contributed by atoms with Crippen molar-refractivity contribution in [1.82, 2.24) is 30.1 Å². The fourth-order valence-electron chi connectivity index (χ4n) is 8.44. The molecule has 5 amide bonds. The number of benzene rings is 1. The highest BCUT2D eigenvalue weighted by Gasteiger charge is 2.62. The number of allylic oxidation sites excluding steroid dienone is 2. The van der Waals surface area contributed by atoms with Gasteiger partial charge in [0.2, 0.25) is 27.7 Å². The summed E-state index contributed by atoms with van der Waals surface area (Å²) in [4.78, 5) is 64.8. The molecule has 4 aliphatic heterocycles. The molecule has 0 spiro atoms. The van der Waals surface area contributed by atoms with Gasteiger partial charge < -0.3 is 34.6 Å². The Balaban J connectivity index is 1.14. The highest BCUT2D eigenvalue weighted by atomic mass is 32.2. The maximum absolute atomic E-state index is 14.7. The predicted molar refractivity (Wildman–Crippen MR) is 211 cm³/mol. The van der Waals surface area contributed by atoms with Crippen LogP contribution in [0.3, 0.4) is 0 Å². The van der Waals surface area contributed by atoms with Crippen LogP contribution in [-0.2, 0) is 29.1 Å². The van der Waals surface area contributed by atoms with E-state index in [4.69, 9.17) is 19.2 Å². The summed E-state index contributed by atoms with van der Waals surface area (Å²) in [6, 6.07) is 5.22. The fourth-order valence-corrected chi connectivity index (χ4v) is 9.81. The second kappa shape index (κ2) is 16.3. The van der Waals surface area contributed by atoms with Crippen LogP contribution in [0.25, 0.3) is 17.0 Å². The maximum atomic E-state index is 14.7. The van der Waals surface area contributed by atoms with E-state index in [0.717, 1.165) is 36.6 Å². The molecule has 15 nitrogen and oxygen atoms in total. The van der Waals surface area contributed by atoms with Gasteiger partial charge in [-0.15, -0.1) is 0 Å². The first-order chi connectivity index (χ1) is 27.5. The van der Waals surface area contributed by atoms with Gasteiger partial charge >= 0.3 is 6.03 Å². The van der Waals surface area contributed by atoms with Crippen LogP contribution in [-0.4, -0.2) is 115 Å². The highest BCUT2D eigenvalue weighted by Crippen LogP contribution is 2.46. The van der Waals surface area contributed by atoms with E-state index in [1.165, 1.54) is 4.90 Å². The molecule has 0 radical (unpaired) electrons. The topological polar surface area (TPSA) is 186 Å². The van der Waals surface area contributed by atoms with E-state index in [9.17, 15) is 27.6 Å². The number of hydrogen-bond donors (Lipinski definition) is 3. The molecule has 6 atom stereocenters. The maximum Gasteiger partial charge on any atom is 0.318 e. The number of nitrogens with zero attached hydrogens (tertiary/aromatic N) is 3. The summed E-state index contributed by atoms with van der Waals surface area (Å²) in [7, 11) is -2.31. The van der Waals surface area contributed by atoms with Gasteiger partial charge in [0.25, 0.3) is 5.91 Å². The first kappa shape index (κ1) is 39.1. The lowest BCUT2D eigenvalue weighted by atomic mass is 10.0. The lowest BCUT2D eigenvalue weighted by molar-refractivity contribution is -0.141. The monoisotopic (exact) mass is 804 g/mol. The smallest absolute Gasteiger partial charge is 0.318 e. The molecule has 6 aliphatic rings. The summed E-state index contributed by atoms with van der Waals surface area (Å²) in [5, 5.41) is 6.18. The Kier molecular flexibility index (Phi) is 11.2. The molecular formula is C41H52N6O9S. The van der Waals surface area contributed by atoms with Crippen molar-refractivity contribution in [3.05, 3.63) is 48.1 Å². The number of methoxy groups -OCH3 is 1. The lowest BCUT2D eigenvalue weighted by Crippen LogP contribution is -2.58. The third-order valence-corrected chi connectivity index (χ3v) is 13.9. The minimum atomic E-state index is -3.89. The quantitative estimate of drug-likeness (QED) is 0.386. The Morgan fingerprint density at radius 3 is 2.67 bits per heavy atom. The molecule has 2 aromatic rings. The van der Waals surface area contributed by atoms with Gasteiger partial charge in [0.15, 0.2) is 0 Å². The van der Waals surface area contributed by atoms with Crippen LogP contribution in [0.5, 0.6) is 11.6 Å². The van der Waals surface area contributed by atoms with Gasteiger partial charge in [-0.2, -0.15) is 0 Å². The fraction of sp³-hybridized carbons (Fsp3) is 0.585. The molecule has 8 rings (SSSR count). The van der Waals surface area contributed by atoms with Crippen molar-refractivity contribution in [2.75, 3.05) is 33.4 Å². The minimum Gasteiger partial charge on any atom is -0.497 e. The van der Waals surface area contributed by atoms with E-state index in [1.54, 1.807) is 12.0 Å². The third-order valence-electron chi connectivity index (χ3n) is 12.0. The predicted octanol–water partition coefficient (Wildman–Crippen LogP) is 3.57. The van der Waals surface area contributed by atoms with E-state index in [0.29, 0.717) is 75.4 Å². The number of aromatic nitrogens is 1. The summed E-state index contributed by atoms with van der Waals surface area (Å²) < 4.78 is 46.3. The van der Waals surface area contributed by atoms with Crippen molar-refractivity contribution in [2.24, 2.45) is 5.92 Å². The number of ether oxygens (including phenoxy) is 3. The molecule has 2 saturated heterocycles. The molecule has 4 fully saturated rings. The van der Waals surface area contributed by atoms with Gasteiger partial charge in [-0.25, -0.2) is 18.2 Å². The molecule has 57 heavy (non-hydrogen) atoms. The zero-order chi connectivity index (χ0) is 39.7. The summed E-state index contributed by atoms with van der Waals surface area (Å²) in [6.07, 6.45) is 13.9. The Labute approximate surface area is 333 Å². The summed E-state index contributed by atoms with van der Waals surface area (Å²) in [5.41, 5.74) is -0.124. The number of rotatable bonds is 4. The molecule has 5 bridgehead atoms. The third kappa shape index (κ3) is 8.62. The number of sulfonamides is 1. The zero-order valence-electron chi connectivity index (χ0n) is 32.3. The SMILES string of the molecule is COc1ccc2cc3c(nc2c1)O[C@@H]1C[C@H]2C(=O)N[C@]4(C(=O)NS(=O)(=O)C5CC5)C[C@H]4/C=C\CCCCC[C@H](NC(=O)N4CC[C@@H](C4)OCCC/C=C/3)C(=O)N2C1. The Morgan fingerprint density at radius 1 is 1.00 bits per heavy atom. The van der Waals surface area contributed by atoms with Crippen LogP contribution in [0, 0.1) is 5.92 Å². The average Bonchev–Trinajstić information content (AvgIpc) is 4.07. The number of carbonyl (C=O) groups is 4. The summed E-state index contributed by atoms with van der Waals surface area (Å²) in [5.74, 6) is -1.26. The number of hydrogen-bond acceptors (Lipinski definition) is 10. The van der Waals surface area contributed by atoms with Gasteiger partial charge in [0.1, 0.15) is 29.5 Å². The highest BCUT2D eigenvalue weighted by molar-refractivity contribution is 7.91. The Bertz CT molecular complexity index is 2070. The number of fused-ring (bicyclic) bond motifs is 7. The van der Waals surface area contributed by atoms with Crippen molar-refractivity contribution in [2.45, 2.75) is 112 Å². The molecule has 306 valence electrons. The van der Waals surface area contributed by atoms with Crippen LogP contribution in [0.15, 0.2) is 42.5 Å². The average molecular weight is 805 g/mol. The molecule has 2 saturated carbocycles.